The first-order chi connectivity index (χ1) is 12.3. The third-order valence-electron chi connectivity index (χ3n) is 6.87. The van der Waals surface area contributed by atoms with Crippen molar-refractivity contribution in [3.63, 3.8) is 0 Å². The van der Waals surface area contributed by atoms with Crippen LogP contribution >= 0.6 is 0 Å². The van der Waals surface area contributed by atoms with Crippen LogP contribution in [0.25, 0.3) is 5.70 Å². The van der Waals surface area contributed by atoms with Crippen LogP contribution in [0.5, 0.6) is 5.75 Å². The summed E-state index contributed by atoms with van der Waals surface area (Å²) in [5.74, 6) is 2.72. The number of ether oxygens (including phenoxy) is 1. The lowest BCUT2D eigenvalue weighted by molar-refractivity contribution is -0.138. The molecule has 0 amide bonds. The molecule has 0 unspecified atom stereocenters. The van der Waals surface area contributed by atoms with E-state index in [0.717, 1.165) is 37.0 Å². The highest BCUT2D eigenvalue weighted by Crippen LogP contribution is 2.60. The SMILES string of the molecule is CC1(C)N/C(=C\C(=O)C23CC4CC(CC(C4)C2)C3)c2cc(F)ccc2O1. The highest BCUT2D eigenvalue weighted by Gasteiger charge is 2.54. The van der Waals surface area contributed by atoms with Crippen molar-refractivity contribution in [2.75, 3.05) is 0 Å². The quantitative estimate of drug-likeness (QED) is 0.784. The minimum Gasteiger partial charge on any atom is -0.468 e. The second-order valence-electron chi connectivity index (χ2n) is 9.50. The number of allylic oxidation sites excluding steroid dienone is 1. The average molecular weight is 355 g/mol. The number of ketones is 1. The molecule has 26 heavy (non-hydrogen) atoms. The number of halogens is 1. The van der Waals surface area contributed by atoms with E-state index in [4.69, 9.17) is 4.74 Å². The standard InChI is InChI=1S/C22H26FNO2/c1-21(2)24-18(17-8-16(23)3-4-19(17)26-21)9-20(25)22-10-13-5-14(11-22)7-15(6-13)12-22/h3-4,8-9,13-15,24H,5-7,10-12H2,1-2H3/b18-9-. The van der Waals surface area contributed by atoms with Crippen molar-refractivity contribution >= 4 is 11.5 Å². The molecule has 0 aromatic heterocycles. The van der Waals surface area contributed by atoms with Gasteiger partial charge in [-0.25, -0.2) is 4.39 Å². The first-order valence-corrected chi connectivity index (χ1v) is 9.85. The zero-order valence-corrected chi connectivity index (χ0v) is 15.5. The van der Waals surface area contributed by atoms with Gasteiger partial charge in [-0.05, 0) is 88.3 Å². The van der Waals surface area contributed by atoms with Crippen molar-refractivity contribution in [1.82, 2.24) is 5.32 Å². The van der Waals surface area contributed by atoms with Gasteiger partial charge in [0.05, 0.1) is 5.70 Å². The van der Waals surface area contributed by atoms with Crippen molar-refractivity contribution in [1.29, 1.82) is 0 Å². The average Bonchev–Trinajstić information content (AvgIpc) is 2.53. The van der Waals surface area contributed by atoms with Crippen molar-refractivity contribution in [2.45, 2.75) is 58.1 Å². The van der Waals surface area contributed by atoms with Crippen LogP contribution in [0, 0.1) is 29.0 Å². The van der Waals surface area contributed by atoms with Crippen LogP contribution in [-0.4, -0.2) is 11.5 Å². The Labute approximate surface area is 154 Å². The number of carbonyl (C=O) groups is 1. The molecule has 1 aromatic rings. The molecule has 1 aromatic carbocycles. The Bertz CT molecular complexity index is 775. The van der Waals surface area contributed by atoms with Gasteiger partial charge in [-0.3, -0.25) is 4.79 Å². The third-order valence-corrected chi connectivity index (χ3v) is 6.87. The Morgan fingerprint density at radius 2 is 1.77 bits per heavy atom. The normalized spacial score (nSPS) is 37.8. The molecule has 4 saturated carbocycles. The van der Waals surface area contributed by atoms with Crippen molar-refractivity contribution in [3.05, 3.63) is 35.7 Å². The highest BCUT2D eigenvalue weighted by molar-refractivity contribution is 6.01. The molecule has 0 spiro atoms. The van der Waals surface area contributed by atoms with Crippen LogP contribution in [0.2, 0.25) is 0 Å². The Hall–Kier alpha value is -1.84. The molecule has 4 aliphatic carbocycles. The second-order valence-corrected chi connectivity index (χ2v) is 9.50. The van der Waals surface area contributed by atoms with E-state index in [1.54, 1.807) is 12.1 Å². The summed E-state index contributed by atoms with van der Waals surface area (Å²) in [5.41, 5.74) is 0.525. The molecule has 1 N–H and O–H groups in total. The minimum atomic E-state index is -0.627. The molecule has 5 aliphatic rings. The van der Waals surface area contributed by atoms with E-state index in [2.05, 4.69) is 5.32 Å². The van der Waals surface area contributed by atoms with Crippen LogP contribution < -0.4 is 10.1 Å². The van der Waals surface area contributed by atoms with E-state index in [1.807, 2.05) is 13.8 Å². The van der Waals surface area contributed by atoms with Gasteiger partial charge in [0, 0.05) is 17.1 Å². The Balaban J connectivity index is 1.52. The lowest BCUT2D eigenvalue weighted by Gasteiger charge is -2.55. The Morgan fingerprint density at radius 3 is 2.38 bits per heavy atom. The first-order valence-electron chi connectivity index (χ1n) is 9.85. The van der Waals surface area contributed by atoms with E-state index in [1.165, 1.54) is 31.4 Å². The third kappa shape index (κ3) is 2.57. The van der Waals surface area contributed by atoms with Crippen LogP contribution in [0.3, 0.4) is 0 Å². The fourth-order valence-electron chi connectivity index (χ4n) is 6.30. The van der Waals surface area contributed by atoms with Gasteiger partial charge in [-0.1, -0.05) is 0 Å². The van der Waals surface area contributed by atoms with Gasteiger partial charge in [-0.15, -0.1) is 0 Å². The van der Waals surface area contributed by atoms with E-state index in [-0.39, 0.29) is 17.0 Å². The fourth-order valence-corrected chi connectivity index (χ4v) is 6.30. The summed E-state index contributed by atoms with van der Waals surface area (Å²) in [6.45, 7) is 3.84. The number of rotatable bonds is 2. The topological polar surface area (TPSA) is 38.3 Å². The molecule has 6 rings (SSSR count). The van der Waals surface area contributed by atoms with Gasteiger partial charge in [0.2, 0.25) is 0 Å². The Morgan fingerprint density at radius 1 is 1.15 bits per heavy atom. The molecule has 4 heteroatoms. The lowest BCUT2D eigenvalue weighted by atomic mass is 9.48. The van der Waals surface area contributed by atoms with Gasteiger partial charge in [0.25, 0.3) is 0 Å². The summed E-state index contributed by atoms with van der Waals surface area (Å²) in [7, 11) is 0. The minimum absolute atomic E-state index is 0.181. The molecular weight excluding hydrogens is 329 g/mol. The molecule has 4 bridgehead atoms. The molecule has 1 aliphatic heterocycles. The predicted octanol–water partition coefficient (Wildman–Crippen LogP) is 4.67. The van der Waals surface area contributed by atoms with Crippen molar-refractivity contribution < 1.29 is 13.9 Å². The predicted molar refractivity (Wildman–Crippen MR) is 97.8 cm³/mol. The van der Waals surface area contributed by atoms with Crippen molar-refractivity contribution in [2.24, 2.45) is 23.2 Å². The summed E-state index contributed by atoms with van der Waals surface area (Å²) in [6, 6.07) is 4.51. The van der Waals surface area contributed by atoms with E-state index >= 15 is 0 Å². The number of hydrogen-bond donors (Lipinski definition) is 1. The fraction of sp³-hybridized carbons (Fsp3) is 0.591. The number of nitrogens with one attached hydrogen (secondary N) is 1. The van der Waals surface area contributed by atoms with Crippen LogP contribution in [-0.2, 0) is 4.79 Å². The van der Waals surface area contributed by atoms with Gasteiger partial charge in [0.15, 0.2) is 11.5 Å². The van der Waals surface area contributed by atoms with Gasteiger partial charge >= 0.3 is 0 Å². The van der Waals surface area contributed by atoms with Gasteiger partial charge in [-0.2, -0.15) is 0 Å². The largest absolute Gasteiger partial charge is 0.468 e. The van der Waals surface area contributed by atoms with Crippen LogP contribution in [0.4, 0.5) is 4.39 Å². The maximum atomic E-state index is 13.8. The molecule has 1 heterocycles. The lowest BCUT2D eigenvalue weighted by Crippen LogP contribution is -2.50. The number of carbonyl (C=O) groups excluding carboxylic acids is 1. The number of fused-ring (bicyclic) bond motifs is 1. The summed E-state index contributed by atoms with van der Waals surface area (Å²) in [6.07, 6.45) is 8.81. The zero-order chi connectivity index (χ0) is 18.1. The van der Waals surface area contributed by atoms with E-state index < -0.39 is 5.72 Å². The molecular formula is C22H26FNO2. The second kappa shape index (κ2) is 5.34. The summed E-state index contributed by atoms with van der Waals surface area (Å²) < 4.78 is 19.7. The maximum Gasteiger partial charge on any atom is 0.175 e. The van der Waals surface area contributed by atoms with Crippen LogP contribution in [0.15, 0.2) is 24.3 Å². The number of benzene rings is 1. The first kappa shape index (κ1) is 16.3. The van der Waals surface area contributed by atoms with Gasteiger partial charge < -0.3 is 10.1 Å². The summed E-state index contributed by atoms with van der Waals surface area (Å²) in [5, 5.41) is 3.29. The monoisotopic (exact) mass is 355 g/mol. The van der Waals surface area contributed by atoms with Crippen molar-refractivity contribution in [3.8, 4) is 5.75 Å². The molecule has 138 valence electrons. The summed E-state index contributed by atoms with van der Waals surface area (Å²) in [4.78, 5) is 13.4. The maximum absolute atomic E-state index is 13.8. The van der Waals surface area contributed by atoms with Crippen LogP contribution in [0.1, 0.15) is 57.9 Å². The summed E-state index contributed by atoms with van der Waals surface area (Å²) >= 11 is 0. The van der Waals surface area contributed by atoms with E-state index in [9.17, 15) is 9.18 Å². The highest BCUT2D eigenvalue weighted by atomic mass is 19.1. The molecule has 0 atom stereocenters. The number of hydrogen-bond acceptors (Lipinski definition) is 3. The van der Waals surface area contributed by atoms with E-state index in [0.29, 0.717) is 17.0 Å². The van der Waals surface area contributed by atoms with Gasteiger partial charge in [0.1, 0.15) is 11.6 Å². The molecule has 0 saturated heterocycles. The molecule has 3 nitrogen and oxygen atoms in total. The molecule has 0 radical (unpaired) electrons. The zero-order valence-electron chi connectivity index (χ0n) is 15.5. The smallest absolute Gasteiger partial charge is 0.175 e. The Kier molecular flexibility index (Phi) is 3.35. The molecule has 4 fully saturated rings.